The van der Waals surface area contributed by atoms with E-state index in [1.54, 1.807) is 4.98 Å². The van der Waals surface area contributed by atoms with Gasteiger partial charge < -0.3 is 29.3 Å². The van der Waals surface area contributed by atoms with Gasteiger partial charge in [0.1, 0.15) is 24.9 Å². The van der Waals surface area contributed by atoms with Gasteiger partial charge in [0.05, 0.1) is 19.4 Å². The van der Waals surface area contributed by atoms with Crippen molar-refractivity contribution in [1.29, 1.82) is 0 Å². The second-order valence-electron chi connectivity index (χ2n) is 16.5. The van der Waals surface area contributed by atoms with E-state index < -0.39 is 87.3 Å². The van der Waals surface area contributed by atoms with E-state index in [1.165, 1.54) is 109 Å². The van der Waals surface area contributed by atoms with Gasteiger partial charge in [-0.05, 0) is 12.8 Å². The molecule has 0 amide bonds. The van der Waals surface area contributed by atoms with Crippen LogP contribution in [0.15, 0.2) is 15.8 Å². The molecule has 1 aliphatic rings. The van der Waals surface area contributed by atoms with Crippen LogP contribution in [0.1, 0.15) is 200 Å². The molecule has 1 aromatic heterocycles. The zero-order valence-electron chi connectivity index (χ0n) is 37.1. The fraction of sp³-hybridized carbons (Fsp3) is 0.864. The predicted octanol–water partition coefficient (Wildman–Crippen LogP) is 8.85. The zero-order valence-corrected chi connectivity index (χ0v) is 38.0. The van der Waals surface area contributed by atoms with Crippen molar-refractivity contribution in [2.24, 2.45) is 0 Å². The Morgan fingerprint density at radius 1 is 0.705 bits per heavy atom. The van der Waals surface area contributed by atoms with Gasteiger partial charge in [-0.25, -0.2) is 9.36 Å². The van der Waals surface area contributed by atoms with Crippen LogP contribution in [0.2, 0.25) is 0 Å². The van der Waals surface area contributed by atoms with Crippen molar-refractivity contribution in [3.05, 3.63) is 32.9 Å². The molecule has 1 aromatic rings. The van der Waals surface area contributed by atoms with Gasteiger partial charge in [0, 0.05) is 12.8 Å². The number of aromatic nitrogens is 2. The molecule has 1 fully saturated rings. The van der Waals surface area contributed by atoms with E-state index in [-0.39, 0.29) is 12.8 Å². The second kappa shape index (κ2) is 33.1. The molecule has 0 spiro atoms. The normalized spacial score (nSPS) is 19.2. The molecule has 0 aromatic carbocycles. The molecule has 0 aliphatic carbocycles. The lowest BCUT2D eigenvalue weighted by Crippen LogP contribution is -2.38. The molecule has 61 heavy (non-hydrogen) atoms. The summed E-state index contributed by atoms with van der Waals surface area (Å²) in [5.74, 6) is -2.41. The number of hydrogen-bond acceptors (Lipinski definition) is 12. The zero-order chi connectivity index (χ0) is 44.7. The van der Waals surface area contributed by atoms with Gasteiger partial charge in [-0.1, -0.05) is 168 Å². The molecule has 2 rings (SSSR count). The highest BCUT2D eigenvalue weighted by molar-refractivity contribution is 7.47. The topological polar surface area (TPSA) is 213 Å². The number of nitrogens with zero attached hydrogens (tertiary/aromatic N) is 1. The summed E-state index contributed by atoms with van der Waals surface area (Å²) in [5.41, 5.74) is -2.42. The highest BCUT2D eigenvalue weighted by Gasteiger charge is 2.45. The van der Waals surface area contributed by atoms with Crippen LogP contribution < -0.4 is 11.2 Å². The molecule has 6 atom stereocenters. The Morgan fingerprint density at radius 2 is 1.15 bits per heavy atom. The smallest absolute Gasteiger partial charge is 0.462 e. The maximum Gasteiger partial charge on any atom is 0.472 e. The first kappa shape index (κ1) is 54.7. The standard InChI is InChI=1S/C44H78FN2O13P/c1-3-5-7-9-11-13-15-17-19-21-23-25-27-29-38(48)56-32-35(59-39(49)30-28-26-24-22-20-18-16-14-12-10-8-6-4-2)33-57-61(54,55)58-34-37-40(50)41(51)43(60-37)47-31-36(45)42(52)46-44(47)53/h31,35,37,40-41,43,50-51H,3-30,32-34H2,1-2H3,(H,54,55)(H,46,52,53)/t35-,37-,40-,41-,43-/m1/s1. The molecule has 1 aliphatic heterocycles. The molecule has 1 saturated heterocycles. The van der Waals surface area contributed by atoms with Crippen LogP contribution in [0.25, 0.3) is 0 Å². The lowest BCUT2D eigenvalue weighted by Gasteiger charge is -2.21. The van der Waals surface area contributed by atoms with Crippen LogP contribution in [-0.2, 0) is 37.4 Å². The number of unbranched alkanes of at least 4 members (excludes halogenated alkanes) is 24. The van der Waals surface area contributed by atoms with Crippen molar-refractivity contribution < 1.29 is 56.9 Å². The summed E-state index contributed by atoms with van der Waals surface area (Å²) < 4.78 is 53.6. The van der Waals surface area contributed by atoms with E-state index in [2.05, 4.69) is 13.8 Å². The number of ether oxygens (including phenoxy) is 3. The maximum absolute atomic E-state index is 13.8. The third-order valence-electron chi connectivity index (χ3n) is 11.1. The fourth-order valence-corrected chi connectivity index (χ4v) is 8.09. The quantitative estimate of drug-likeness (QED) is 0.0278. The largest absolute Gasteiger partial charge is 0.472 e. The molecule has 0 radical (unpaired) electrons. The van der Waals surface area contributed by atoms with Gasteiger partial charge in [0.25, 0.3) is 5.56 Å². The van der Waals surface area contributed by atoms with Crippen molar-refractivity contribution in [3.8, 4) is 0 Å². The molecule has 15 nitrogen and oxygen atoms in total. The molecule has 354 valence electrons. The lowest BCUT2D eigenvalue weighted by atomic mass is 10.0. The van der Waals surface area contributed by atoms with Crippen LogP contribution in [0.3, 0.4) is 0 Å². The summed E-state index contributed by atoms with van der Waals surface area (Å²) in [6.45, 7) is 2.54. The van der Waals surface area contributed by atoms with Gasteiger partial charge in [-0.15, -0.1) is 0 Å². The summed E-state index contributed by atoms with van der Waals surface area (Å²) in [6.07, 6.45) is 23.0. The number of aromatic amines is 1. The Labute approximate surface area is 362 Å². The van der Waals surface area contributed by atoms with Crippen molar-refractivity contribution in [1.82, 2.24) is 9.55 Å². The van der Waals surface area contributed by atoms with Crippen LogP contribution in [0.5, 0.6) is 0 Å². The minimum atomic E-state index is -4.93. The van der Waals surface area contributed by atoms with Crippen LogP contribution in [0, 0.1) is 5.82 Å². The van der Waals surface area contributed by atoms with E-state index >= 15 is 0 Å². The number of hydrogen-bond donors (Lipinski definition) is 4. The molecule has 4 N–H and O–H groups in total. The molecule has 17 heteroatoms. The Kier molecular flexibility index (Phi) is 29.7. The number of carbonyl (C=O) groups is 2. The maximum atomic E-state index is 13.8. The van der Waals surface area contributed by atoms with E-state index in [0.29, 0.717) is 23.6 Å². The van der Waals surface area contributed by atoms with Crippen molar-refractivity contribution >= 4 is 19.8 Å². The Bertz CT molecular complexity index is 1490. The van der Waals surface area contributed by atoms with E-state index in [1.807, 2.05) is 0 Å². The number of carbonyl (C=O) groups excluding carboxylic acids is 2. The van der Waals surface area contributed by atoms with E-state index in [0.717, 1.165) is 44.9 Å². The fourth-order valence-electron chi connectivity index (χ4n) is 7.32. The number of rotatable bonds is 38. The van der Waals surface area contributed by atoms with Gasteiger partial charge in [-0.2, -0.15) is 4.39 Å². The summed E-state index contributed by atoms with van der Waals surface area (Å²) in [4.78, 5) is 61.1. The van der Waals surface area contributed by atoms with Crippen molar-refractivity contribution in [2.45, 2.75) is 224 Å². The van der Waals surface area contributed by atoms with E-state index in [4.69, 9.17) is 23.3 Å². The van der Waals surface area contributed by atoms with Crippen LogP contribution in [0.4, 0.5) is 4.39 Å². The minimum absolute atomic E-state index is 0.108. The van der Waals surface area contributed by atoms with Gasteiger partial charge >= 0.3 is 25.5 Å². The lowest BCUT2D eigenvalue weighted by molar-refractivity contribution is -0.161. The van der Waals surface area contributed by atoms with Crippen molar-refractivity contribution in [2.75, 3.05) is 19.8 Å². The third-order valence-corrected chi connectivity index (χ3v) is 12.0. The Balaban J connectivity index is 1.79. The Hall–Kier alpha value is -2.46. The number of phosphoric acid groups is 1. The van der Waals surface area contributed by atoms with Gasteiger partial charge in [-0.3, -0.25) is 33.0 Å². The van der Waals surface area contributed by atoms with Crippen LogP contribution >= 0.6 is 7.82 Å². The minimum Gasteiger partial charge on any atom is -0.462 e. The SMILES string of the molecule is CCCCCCCCCCCCCCCC(=O)OC[C@H](COP(=O)(O)OC[C@H]1O[C@@H](n2cc(F)c(=O)[nH]c2=O)[C@H](O)[C@@H]1O)OC(=O)CCCCCCCCCCCCCCC. The van der Waals surface area contributed by atoms with Crippen molar-refractivity contribution in [3.63, 3.8) is 0 Å². The number of nitrogens with one attached hydrogen (secondary N) is 1. The Morgan fingerprint density at radius 3 is 1.62 bits per heavy atom. The summed E-state index contributed by atoms with van der Waals surface area (Å²) in [6, 6.07) is 0. The van der Waals surface area contributed by atoms with Gasteiger partial charge in [0.15, 0.2) is 12.3 Å². The highest BCUT2D eigenvalue weighted by Crippen LogP contribution is 2.44. The summed E-state index contributed by atoms with van der Waals surface area (Å²) in [7, 11) is -4.93. The number of halogens is 1. The average Bonchev–Trinajstić information content (AvgIpc) is 3.51. The van der Waals surface area contributed by atoms with E-state index in [9.17, 15) is 43.2 Å². The molecular weight excluding hydrogens is 814 g/mol. The molecule has 1 unspecified atom stereocenters. The first-order chi connectivity index (χ1) is 29.4. The first-order valence-electron chi connectivity index (χ1n) is 23.4. The predicted molar refractivity (Wildman–Crippen MR) is 230 cm³/mol. The summed E-state index contributed by atoms with van der Waals surface area (Å²) >= 11 is 0. The average molecular weight is 893 g/mol. The molecule has 2 heterocycles. The molecular formula is C44H78FN2O13P. The molecule has 0 bridgehead atoms. The number of aliphatic hydroxyl groups excluding tert-OH is 2. The van der Waals surface area contributed by atoms with Gasteiger partial charge in [0.2, 0.25) is 5.82 Å². The third kappa shape index (κ3) is 24.8. The molecule has 0 saturated carbocycles. The number of esters is 2. The number of H-pyrrole nitrogens is 1. The first-order valence-corrected chi connectivity index (χ1v) is 24.9. The highest BCUT2D eigenvalue weighted by atomic mass is 31.2. The summed E-state index contributed by atoms with van der Waals surface area (Å²) in [5, 5.41) is 20.9. The van der Waals surface area contributed by atoms with Crippen LogP contribution in [-0.4, -0.2) is 80.8 Å². The number of aliphatic hydroxyl groups is 2. The second-order valence-corrected chi connectivity index (χ2v) is 18.0. The monoisotopic (exact) mass is 893 g/mol. The number of phosphoric ester groups is 1.